The quantitative estimate of drug-likeness (QED) is 0.354. The van der Waals surface area contributed by atoms with Gasteiger partial charge in [-0.2, -0.15) is 0 Å². The lowest BCUT2D eigenvalue weighted by Gasteiger charge is -2.15. The van der Waals surface area contributed by atoms with Crippen molar-refractivity contribution in [1.82, 2.24) is 10.3 Å². The molecule has 4 aromatic rings. The Kier molecular flexibility index (Phi) is 7.18. The van der Waals surface area contributed by atoms with E-state index >= 15 is 0 Å². The van der Waals surface area contributed by atoms with Crippen molar-refractivity contribution in [1.29, 1.82) is 0 Å². The molecular formula is C28H27N3O3. The van der Waals surface area contributed by atoms with Crippen molar-refractivity contribution in [2.75, 3.05) is 5.32 Å². The molecule has 0 fully saturated rings. The Bertz CT molecular complexity index is 1210. The normalized spacial score (nSPS) is 11.6. The zero-order valence-corrected chi connectivity index (χ0v) is 19.2. The van der Waals surface area contributed by atoms with Crippen molar-refractivity contribution >= 4 is 17.5 Å². The summed E-state index contributed by atoms with van der Waals surface area (Å²) in [5.41, 5.74) is 4.29. The van der Waals surface area contributed by atoms with Gasteiger partial charge < -0.3 is 15.1 Å². The average Bonchev–Trinajstić information content (AvgIpc) is 3.28. The molecule has 172 valence electrons. The highest BCUT2D eigenvalue weighted by Gasteiger charge is 2.18. The molecule has 2 N–H and O–H groups in total. The van der Waals surface area contributed by atoms with Crippen LogP contribution in [0.3, 0.4) is 0 Å². The fourth-order valence-corrected chi connectivity index (χ4v) is 3.75. The number of oxazole rings is 1. The SMILES string of the molecule is CC(=O)Nc1cccc(C(C)NC(=O)CCc2nc(-c3ccccc3)c(-c3ccccc3)o2)c1. The fourth-order valence-electron chi connectivity index (χ4n) is 3.75. The first-order valence-corrected chi connectivity index (χ1v) is 11.3. The lowest BCUT2D eigenvalue weighted by atomic mass is 10.1. The van der Waals surface area contributed by atoms with Gasteiger partial charge in [-0.1, -0.05) is 72.8 Å². The minimum Gasteiger partial charge on any atom is -0.440 e. The molecule has 0 bridgehead atoms. The van der Waals surface area contributed by atoms with E-state index in [1.165, 1.54) is 6.92 Å². The third-order valence-corrected chi connectivity index (χ3v) is 5.41. The molecular weight excluding hydrogens is 426 g/mol. The predicted octanol–water partition coefficient (Wildman–Crippen LogP) is 5.78. The van der Waals surface area contributed by atoms with Crippen LogP contribution in [0.1, 0.15) is 37.8 Å². The lowest BCUT2D eigenvalue weighted by Crippen LogP contribution is -2.26. The first-order chi connectivity index (χ1) is 16.5. The summed E-state index contributed by atoms with van der Waals surface area (Å²) in [6.07, 6.45) is 0.635. The first kappa shape index (κ1) is 23.0. The maximum Gasteiger partial charge on any atom is 0.221 e. The molecule has 6 heteroatoms. The van der Waals surface area contributed by atoms with Gasteiger partial charge >= 0.3 is 0 Å². The highest BCUT2D eigenvalue weighted by Crippen LogP contribution is 2.32. The maximum absolute atomic E-state index is 12.6. The van der Waals surface area contributed by atoms with E-state index in [1.54, 1.807) is 0 Å². The summed E-state index contributed by atoms with van der Waals surface area (Å²) in [6, 6.07) is 27.0. The van der Waals surface area contributed by atoms with Crippen LogP contribution in [0.2, 0.25) is 0 Å². The number of carbonyl (C=O) groups is 2. The van der Waals surface area contributed by atoms with Crippen molar-refractivity contribution in [2.24, 2.45) is 0 Å². The van der Waals surface area contributed by atoms with Crippen LogP contribution in [-0.4, -0.2) is 16.8 Å². The summed E-state index contributed by atoms with van der Waals surface area (Å²) in [4.78, 5) is 28.7. The van der Waals surface area contributed by atoms with Crippen LogP contribution >= 0.6 is 0 Å². The molecule has 0 saturated heterocycles. The molecule has 1 heterocycles. The third kappa shape index (κ3) is 5.78. The Labute approximate surface area is 199 Å². The van der Waals surface area contributed by atoms with Gasteiger partial charge in [0.15, 0.2) is 11.7 Å². The number of rotatable bonds is 8. The Morgan fingerprint density at radius 1 is 0.912 bits per heavy atom. The minimum atomic E-state index is -0.203. The van der Waals surface area contributed by atoms with E-state index in [1.807, 2.05) is 91.9 Å². The van der Waals surface area contributed by atoms with E-state index in [0.29, 0.717) is 23.8 Å². The van der Waals surface area contributed by atoms with E-state index in [2.05, 4.69) is 10.6 Å². The number of aryl methyl sites for hydroxylation is 1. The van der Waals surface area contributed by atoms with Crippen LogP contribution in [0.25, 0.3) is 22.6 Å². The number of aromatic nitrogens is 1. The lowest BCUT2D eigenvalue weighted by molar-refractivity contribution is -0.121. The van der Waals surface area contributed by atoms with Crippen LogP contribution in [0, 0.1) is 0 Å². The molecule has 34 heavy (non-hydrogen) atoms. The maximum atomic E-state index is 12.6. The van der Waals surface area contributed by atoms with E-state index in [9.17, 15) is 9.59 Å². The smallest absolute Gasteiger partial charge is 0.221 e. The number of amides is 2. The van der Waals surface area contributed by atoms with Crippen LogP contribution in [0.4, 0.5) is 5.69 Å². The van der Waals surface area contributed by atoms with Gasteiger partial charge in [-0.15, -0.1) is 0 Å². The Morgan fingerprint density at radius 2 is 1.59 bits per heavy atom. The monoisotopic (exact) mass is 453 g/mol. The average molecular weight is 454 g/mol. The molecule has 3 aromatic carbocycles. The second kappa shape index (κ2) is 10.6. The molecule has 6 nitrogen and oxygen atoms in total. The molecule has 0 radical (unpaired) electrons. The molecule has 0 aliphatic carbocycles. The number of benzene rings is 3. The number of nitrogens with zero attached hydrogens (tertiary/aromatic N) is 1. The zero-order valence-electron chi connectivity index (χ0n) is 19.2. The van der Waals surface area contributed by atoms with Gasteiger partial charge in [-0.05, 0) is 24.6 Å². The number of hydrogen-bond donors (Lipinski definition) is 2. The zero-order chi connectivity index (χ0) is 23.9. The van der Waals surface area contributed by atoms with E-state index in [0.717, 1.165) is 22.4 Å². The Morgan fingerprint density at radius 3 is 2.26 bits per heavy atom. The van der Waals surface area contributed by atoms with E-state index < -0.39 is 0 Å². The third-order valence-electron chi connectivity index (χ3n) is 5.41. The van der Waals surface area contributed by atoms with Crippen LogP contribution in [0.15, 0.2) is 89.3 Å². The molecule has 1 atom stereocenters. The number of hydrogen-bond acceptors (Lipinski definition) is 4. The van der Waals surface area contributed by atoms with E-state index in [4.69, 9.17) is 9.40 Å². The molecule has 0 saturated carbocycles. The van der Waals surface area contributed by atoms with E-state index in [-0.39, 0.29) is 24.3 Å². The molecule has 1 aromatic heterocycles. The fraction of sp³-hybridized carbons (Fsp3) is 0.179. The van der Waals surface area contributed by atoms with Gasteiger partial charge in [0.25, 0.3) is 0 Å². The summed E-state index contributed by atoms with van der Waals surface area (Å²) in [7, 11) is 0. The summed E-state index contributed by atoms with van der Waals surface area (Å²) < 4.78 is 6.12. The molecule has 1 unspecified atom stereocenters. The standard InChI is InChI=1S/C28H27N3O3/c1-19(23-14-9-15-24(18-23)30-20(2)32)29-25(33)16-17-26-31-27(21-10-5-3-6-11-21)28(34-26)22-12-7-4-8-13-22/h3-15,18-19H,16-17H2,1-2H3,(H,29,33)(H,30,32). The molecule has 0 aliphatic rings. The largest absolute Gasteiger partial charge is 0.440 e. The van der Waals surface area contributed by atoms with Gasteiger partial charge in [0.2, 0.25) is 11.8 Å². The van der Waals surface area contributed by atoms with Crippen molar-refractivity contribution < 1.29 is 14.0 Å². The first-order valence-electron chi connectivity index (χ1n) is 11.3. The van der Waals surface area contributed by atoms with Gasteiger partial charge in [-0.25, -0.2) is 4.98 Å². The van der Waals surface area contributed by atoms with Crippen molar-refractivity contribution in [3.8, 4) is 22.6 Å². The summed E-state index contributed by atoms with van der Waals surface area (Å²) in [5.74, 6) is 0.987. The number of carbonyl (C=O) groups excluding carboxylic acids is 2. The van der Waals surface area contributed by atoms with Crippen LogP contribution in [-0.2, 0) is 16.0 Å². The molecule has 4 rings (SSSR count). The number of nitrogens with one attached hydrogen (secondary N) is 2. The van der Waals surface area contributed by atoms with Gasteiger partial charge in [-0.3, -0.25) is 9.59 Å². The summed E-state index contributed by atoms with van der Waals surface area (Å²) in [5, 5.41) is 5.77. The Balaban J connectivity index is 1.45. The van der Waals surface area contributed by atoms with Gasteiger partial charge in [0.1, 0.15) is 5.69 Å². The summed E-state index contributed by atoms with van der Waals surface area (Å²) >= 11 is 0. The van der Waals surface area contributed by atoms with Gasteiger partial charge in [0.05, 0.1) is 6.04 Å². The summed E-state index contributed by atoms with van der Waals surface area (Å²) in [6.45, 7) is 3.38. The second-order valence-corrected chi connectivity index (χ2v) is 8.11. The molecule has 0 spiro atoms. The van der Waals surface area contributed by atoms with Crippen molar-refractivity contribution in [3.05, 3.63) is 96.4 Å². The van der Waals surface area contributed by atoms with Crippen molar-refractivity contribution in [3.63, 3.8) is 0 Å². The van der Waals surface area contributed by atoms with Crippen LogP contribution < -0.4 is 10.6 Å². The van der Waals surface area contributed by atoms with Gasteiger partial charge in [0, 0.05) is 36.6 Å². The predicted molar refractivity (Wildman–Crippen MR) is 133 cm³/mol. The highest BCUT2D eigenvalue weighted by molar-refractivity contribution is 5.88. The highest BCUT2D eigenvalue weighted by atomic mass is 16.4. The molecule has 0 aliphatic heterocycles. The second-order valence-electron chi connectivity index (χ2n) is 8.11. The van der Waals surface area contributed by atoms with Crippen LogP contribution in [0.5, 0.6) is 0 Å². The van der Waals surface area contributed by atoms with Crippen molar-refractivity contribution in [2.45, 2.75) is 32.7 Å². The Hall–Kier alpha value is -4.19. The number of anilines is 1. The topological polar surface area (TPSA) is 84.2 Å². The minimum absolute atomic E-state index is 0.0989. The molecule has 2 amide bonds.